The highest BCUT2D eigenvalue weighted by molar-refractivity contribution is 6.33. The predicted molar refractivity (Wildman–Crippen MR) is 87.4 cm³/mol. The normalized spacial score (nSPS) is 27.2. The molecule has 0 aromatic carbocycles. The first-order valence-electron chi connectivity index (χ1n) is 7.66. The van der Waals surface area contributed by atoms with Crippen molar-refractivity contribution in [2.24, 2.45) is 0 Å². The fourth-order valence-corrected chi connectivity index (χ4v) is 2.82. The van der Waals surface area contributed by atoms with Crippen LogP contribution in [0.5, 0.6) is 0 Å². The molecule has 1 saturated heterocycles. The van der Waals surface area contributed by atoms with Gasteiger partial charge in [0.05, 0.1) is 12.1 Å². The van der Waals surface area contributed by atoms with Gasteiger partial charge in [-0.3, -0.25) is 9.77 Å². The number of rotatable bonds is 3. The van der Waals surface area contributed by atoms with E-state index in [9.17, 15) is 20.5 Å². The largest absolute Gasteiger partial charge is 0.394 e. The minimum absolute atomic E-state index is 0.0136. The lowest BCUT2D eigenvalue weighted by atomic mass is 10.1. The number of hydroxylamine groups is 1. The Balaban J connectivity index is 2.20. The van der Waals surface area contributed by atoms with Crippen LogP contribution in [0.3, 0.4) is 0 Å². The smallest absolute Gasteiger partial charge is 0.234 e. The van der Waals surface area contributed by atoms with Crippen molar-refractivity contribution in [3.05, 3.63) is 11.5 Å². The average Bonchev–Trinajstić information content (AvgIpc) is 3.06. The SMILES string of the molecule is CC(C)(C)N(O)c1nc2c(Cl)ncnc2n1[C@@H]1O[C@H](CO)[C@@H](O)[C@H]1O. The number of ether oxygens (including phenoxy) is 1. The average molecular weight is 374 g/mol. The molecule has 3 heterocycles. The first kappa shape index (κ1) is 18.2. The molecule has 3 rings (SSSR count). The summed E-state index contributed by atoms with van der Waals surface area (Å²) in [6.45, 7) is 4.78. The van der Waals surface area contributed by atoms with Gasteiger partial charge in [0.1, 0.15) is 30.2 Å². The van der Waals surface area contributed by atoms with Gasteiger partial charge in [-0.25, -0.2) is 20.0 Å². The number of nitrogens with zero attached hydrogens (tertiary/aromatic N) is 5. The highest BCUT2D eigenvalue weighted by atomic mass is 35.5. The van der Waals surface area contributed by atoms with Crippen LogP contribution in [0, 0.1) is 0 Å². The van der Waals surface area contributed by atoms with E-state index in [0.29, 0.717) is 0 Å². The molecule has 0 aliphatic carbocycles. The van der Waals surface area contributed by atoms with Gasteiger partial charge in [-0.1, -0.05) is 11.6 Å². The summed E-state index contributed by atoms with van der Waals surface area (Å²) >= 11 is 6.07. The van der Waals surface area contributed by atoms with Crippen LogP contribution in [-0.2, 0) is 4.74 Å². The molecular formula is C14H20ClN5O5. The molecule has 0 bridgehead atoms. The zero-order valence-corrected chi connectivity index (χ0v) is 14.7. The Hall–Kier alpha value is -1.56. The molecular weight excluding hydrogens is 354 g/mol. The first-order chi connectivity index (χ1) is 11.7. The van der Waals surface area contributed by atoms with Crippen molar-refractivity contribution in [1.29, 1.82) is 0 Å². The van der Waals surface area contributed by atoms with Crippen molar-refractivity contribution in [2.75, 3.05) is 11.7 Å². The third-order valence-corrected chi connectivity index (χ3v) is 4.29. The number of aliphatic hydroxyl groups excluding tert-OH is 3. The van der Waals surface area contributed by atoms with E-state index < -0.39 is 36.7 Å². The number of anilines is 1. The zero-order chi connectivity index (χ0) is 18.5. The van der Waals surface area contributed by atoms with Crippen LogP contribution < -0.4 is 5.06 Å². The predicted octanol–water partition coefficient (Wildman–Crippen LogP) is 0.0853. The highest BCUT2D eigenvalue weighted by Crippen LogP contribution is 2.37. The number of fused-ring (bicyclic) bond motifs is 1. The zero-order valence-electron chi connectivity index (χ0n) is 13.9. The molecule has 25 heavy (non-hydrogen) atoms. The molecule has 11 heteroatoms. The lowest BCUT2D eigenvalue weighted by Crippen LogP contribution is -2.41. The molecule has 1 aliphatic heterocycles. The monoisotopic (exact) mass is 373 g/mol. The van der Waals surface area contributed by atoms with E-state index in [1.54, 1.807) is 20.8 Å². The van der Waals surface area contributed by atoms with Gasteiger partial charge >= 0.3 is 0 Å². The quantitative estimate of drug-likeness (QED) is 0.435. The molecule has 138 valence electrons. The van der Waals surface area contributed by atoms with Crippen molar-refractivity contribution in [3.8, 4) is 0 Å². The van der Waals surface area contributed by atoms with Gasteiger partial charge in [-0.15, -0.1) is 0 Å². The summed E-state index contributed by atoms with van der Waals surface area (Å²) in [4.78, 5) is 12.3. The molecule has 0 amide bonds. The van der Waals surface area contributed by atoms with Crippen LogP contribution in [-0.4, -0.2) is 70.5 Å². The molecule has 4 N–H and O–H groups in total. The Morgan fingerprint density at radius 1 is 1.28 bits per heavy atom. The van der Waals surface area contributed by atoms with Gasteiger partial charge in [0.15, 0.2) is 17.0 Å². The van der Waals surface area contributed by atoms with E-state index in [1.807, 2.05) is 0 Å². The molecule has 10 nitrogen and oxygen atoms in total. The van der Waals surface area contributed by atoms with E-state index in [0.717, 1.165) is 5.06 Å². The molecule has 1 fully saturated rings. The summed E-state index contributed by atoms with van der Waals surface area (Å²) in [6, 6.07) is 0. The van der Waals surface area contributed by atoms with Crippen LogP contribution in [0.15, 0.2) is 6.33 Å². The van der Waals surface area contributed by atoms with Crippen LogP contribution in [0.4, 0.5) is 5.95 Å². The summed E-state index contributed by atoms with van der Waals surface area (Å²) in [5.41, 5.74) is -0.314. The molecule has 0 unspecified atom stereocenters. The third kappa shape index (κ3) is 2.94. The van der Waals surface area contributed by atoms with E-state index in [2.05, 4.69) is 15.0 Å². The van der Waals surface area contributed by atoms with Crippen molar-refractivity contribution < 1.29 is 25.3 Å². The molecule has 2 aromatic heterocycles. The van der Waals surface area contributed by atoms with E-state index >= 15 is 0 Å². The Kier molecular flexibility index (Phi) is 4.60. The maximum Gasteiger partial charge on any atom is 0.234 e. The lowest BCUT2D eigenvalue weighted by Gasteiger charge is -2.31. The second-order valence-corrected chi connectivity index (χ2v) is 7.19. The molecule has 4 atom stereocenters. The molecule has 2 aromatic rings. The number of halogens is 1. The number of aliphatic hydroxyl groups is 3. The van der Waals surface area contributed by atoms with Crippen molar-refractivity contribution in [3.63, 3.8) is 0 Å². The third-order valence-electron chi connectivity index (χ3n) is 4.01. The lowest BCUT2D eigenvalue weighted by molar-refractivity contribution is -0.0517. The van der Waals surface area contributed by atoms with Gasteiger partial charge in [0.2, 0.25) is 5.95 Å². The standard InChI is InChI=1S/C14H20ClN5O5/c1-14(2,3)20(24)13-18-7-10(15)16-5-17-11(7)19(13)12-9(23)8(22)6(4-21)25-12/h5-6,8-9,12,21-24H,4H2,1-3H3/t6-,8-,9-,12-/m1/s1. The number of aromatic nitrogens is 4. The maximum atomic E-state index is 10.6. The Labute approximate surface area is 148 Å². The van der Waals surface area contributed by atoms with Crippen LogP contribution in [0.1, 0.15) is 27.0 Å². The van der Waals surface area contributed by atoms with Crippen LogP contribution in [0.25, 0.3) is 11.2 Å². The summed E-state index contributed by atoms with van der Waals surface area (Å²) in [6.07, 6.45) is -3.57. The first-order valence-corrected chi connectivity index (χ1v) is 8.04. The Bertz CT molecular complexity index is 779. The number of hydrogen-bond donors (Lipinski definition) is 4. The van der Waals surface area contributed by atoms with Gasteiger partial charge < -0.3 is 20.1 Å². The Morgan fingerprint density at radius 3 is 2.52 bits per heavy atom. The van der Waals surface area contributed by atoms with Gasteiger partial charge in [-0.2, -0.15) is 0 Å². The van der Waals surface area contributed by atoms with E-state index in [1.165, 1.54) is 10.9 Å². The van der Waals surface area contributed by atoms with Crippen LogP contribution in [0.2, 0.25) is 5.15 Å². The maximum absolute atomic E-state index is 10.6. The van der Waals surface area contributed by atoms with Crippen molar-refractivity contribution in [2.45, 2.75) is 50.8 Å². The molecule has 0 saturated carbocycles. The fraction of sp³-hybridized carbons (Fsp3) is 0.643. The minimum Gasteiger partial charge on any atom is -0.394 e. The number of imidazole rings is 1. The second-order valence-electron chi connectivity index (χ2n) is 6.83. The summed E-state index contributed by atoms with van der Waals surface area (Å²) in [5, 5.41) is 41.2. The topological polar surface area (TPSA) is 137 Å². The van der Waals surface area contributed by atoms with Crippen molar-refractivity contribution >= 4 is 28.7 Å². The fourth-order valence-electron chi connectivity index (χ4n) is 2.65. The second kappa shape index (κ2) is 6.31. The highest BCUT2D eigenvalue weighted by Gasteiger charge is 2.46. The van der Waals surface area contributed by atoms with Gasteiger partial charge in [0, 0.05) is 0 Å². The van der Waals surface area contributed by atoms with Crippen LogP contribution >= 0.6 is 11.6 Å². The summed E-state index contributed by atoms with van der Waals surface area (Å²) in [7, 11) is 0. The molecule has 0 spiro atoms. The molecule has 0 radical (unpaired) electrons. The minimum atomic E-state index is -1.37. The van der Waals surface area contributed by atoms with Gasteiger partial charge in [0.25, 0.3) is 0 Å². The Morgan fingerprint density at radius 2 is 1.96 bits per heavy atom. The molecule has 1 aliphatic rings. The summed E-state index contributed by atoms with van der Waals surface area (Å²) in [5.74, 6) is 0.0136. The van der Waals surface area contributed by atoms with E-state index in [4.69, 9.17) is 16.3 Å². The van der Waals surface area contributed by atoms with Crippen molar-refractivity contribution in [1.82, 2.24) is 19.5 Å². The number of hydrogen-bond acceptors (Lipinski definition) is 9. The summed E-state index contributed by atoms with van der Waals surface area (Å²) < 4.78 is 6.89. The van der Waals surface area contributed by atoms with Gasteiger partial charge in [-0.05, 0) is 20.8 Å². The van der Waals surface area contributed by atoms with E-state index in [-0.39, 0.29) is 22.3 Å².